The number of rotatable bonds is 4. The Bertz CT molecular complexity index is 632. The summed E-state index contributed by atoms with van der Waals surface area (Å²) in [7, 11) is -4.44. The van der Waals surface area contributed by atoms with Crippen LogP contribution < -0.4 is 5.73 Å². The van der Waals surface area contributed by atoms with Crippen molar-refractivity contribution in [1.82, 2.24) is 0 Å². The van der Waals surface area contributed by atoms with Gasteiger partial charge in [0, 0.05) is 22.4 Å². The van der Waals surface area contributed by atoms with Gasteiger partial charge in [0.15, 0.2) is 0 Å². The molecule has 0 saturated carbocycles. The largest absolute Gasteiger partial charge is 0.512 e. The first-order chi connectivity index (χ1) is 9.32. The van der Waals surface area contributed by atoms with E-state index < -0.39 is 26.9 Å². The summed E-state index contributed by atoms with van der Waals surface area (Å²) in [6.45, 7) is 0. The molecule has 10 heteroatoms. The van der Waals surface area contributed by atoms with Gasteiger partial charge in [0.25, 0.3) is 10.1 Å². The van der Waals surface area contributed by atoms with Crippen LogP contribution in [0.4, 0.5) is 0 Å². The summed E-state index contributed by atoms with van der Waals surface area (Å²) >= 11 is 0.626. The lowest BCUT2D eigenvalue weighted by molar-refractivity contribution is -0.431. The normalized spacial score (nSPS) is 26.1. The summed E-state index contributed by atoms with van der Waals surface area (Å²) in [5, 5.41) is 21.4. The molecule has 2 aliphatic rings. The number of hydrogen-bond acceptors (Lipinski definition) is 8. The van der Waals surface area contributed by atoms with Crippen LogP contribution in [0, 0.1) is 11.8 Å². The molecule has 0 saturated heterocycles. The second kappa shape index (κ2) is 5.60. The van der Waals surface area contributed by atoms with Crippen molar-refractivity contribution >= 4 is 22.2 Å². The van der Waals surface area contributed by atoms with E-state index in [2.05, 4.69) is 9.37 Å². The van der Waals surface area contributed by atoms with Crippen molar-refractivity contribution in [2.45, 2.75) is 0 Å². The number of aliphatic hydroxyl groups excluding tert-OH is 1. The molecule has 2 rings (SSSR count). The van der Waals surface area contributed by atoms with Gasteiger partial charge in [-0.25, -0.2) is 5.26 Å². The highest BCUT2D eigenvalue weighted by Gasteiger charge is 2.32. The van der Waals surface area contributed by atoms with Gasteiger partial charge in [-0.3, -0.25) is 4.55 Å². The summed E-state index contributed by atoms with van der Waals surface area (Å²) in [5.74, 6) is -1.12. The Kier molecular flexibility index (Phi) is 4.22. The lowest BCUT2D eigenvalue weighted by Gasteiger charge is -2.27. The minimum Gasteiger partial charge on any atom is -0.512 e. The summed E-state index contributed by atoms with van der Waals surface area (Å²) in [6.07, 6.45) is 5.52. The fourth-order valence-electron chi connectivity index (χ4n) is 2.02. The van der Waals surface area contributed by atoms with Crippen LogP contribution in [0.15, 0.2) is 45.6 Å². The van der Waals surface area contributed by atoms with Gasteiger partial charge in [-0.2, -0.15) is 8.42 Å². The summed E-state index contributed by atoms with van der Waals surface area (Å²) < 4.78 is 35.7. The molecular weight excluding hydrogens is 310 g/mol. The lowest BCUT2D eigenvalue weighted by Crippen LogP contribution is -2.24. The number of nitrogens with two attached hydrogens (primary N) is 1. The minimum absolute atomic E-state index is 0.0601. The monoisotopic (exact) mass is 321 g/mol. The zero-order chi connectivity index (χ0) is 14.9. The van der Waals surface area contributed by atoms with Crippen LogP contribution in [-0.4, -0.2) is 23.3 Å². The van der Waals surface area contributed by atoms with Crippen LogP contribution in [0.25, 0.3) is 0 Å². The molecule has 20 heavy (non-hydrogen) atoms. The molecule has 0 aromatic heterocycles. The van der Waals surface area contributed by atoms with Crippen LogP contribution in [0.1, 0.15) is 0 Å². The Hall–Kier alpha value is -1.30. The summed E-state index contributed by atoms with van der Waals surface area (Å²) in [6, 6.07) is 0. The van der Waals surface area contributed by atoms with Crippen LogP contribution in [0.5, 0.6) is 0 Å². The van der Waals surface area contributed by atoms with E-state index in [9.17, 15) is 13.5 Å². The average Bonchev–Trinajstić information content (AvgIpc) is 2.35. The van der Waals surface area contributed by atoms with Gasteiger partial charge in [0.2, 0.25) is 0 Å². The van der Waals surface area contributed by atoms with Gasteiger partial charge >= 0.3 is 0 Å². The Morgan fingerprint density at radius 3 is 2.60 bits per heavy atom. The van der Waals surface area contributed by atoms with E-state index >= 15 is 0 Å². The van der Waals surface area contributed by atoms with Gasteiger partial charge in [-0.15, -0.1) is 4.33 Å². The highest BCUT2D eigenvalue weighted by Crippen LogP contribution is 2.39. The molecule has 2 unspecified atom stereocenters. The third-order valence-electron chi connectivity index (χ3n) is 2.83. The quantitative estimate of drug-likeness (QED) is 0.261. The van der Waals surface area contributed by atoms with Gasteiger partial charge < -0.3 is 10.8 Å². The standard InChI is InChI=1S/C10H11NO7S2/c11-8-4-7-5(2-10(8)20(14,15)16)1-6(3-9(7)12)19-18-17-13/h1-5,7,12-13H,11H2,(H,14,15,16). The van der Waals surface area contributed by atoms with Crippen molar-refractivity contribution in [3.05, 3.63) is 45.6 Å². The molecule has 0 fully saturated rings. The van der Waals surface area contributed by atoms with Crippen LogP contribution in [-0.2, 0) is 19.5 Å². The molecule has 0 bridgehead atoms. The molecule has 0 amide bonds. The fraction of sp³-hybridized carbons (Fsp3) is 0.200. The second-order valence-electron chi connectivity index (χ2n) is 4.10. The average molecular weight is 321 g/mol. The molecule has 2 aliphatic carbocycles. The molecular formula is C10H11NO7S2. The predicted octanol–water partition coefficient (Wildman–Crippen LogP) is 1.26. The zero-order valence-corrected chi connectivity index (χ0v) is 11.5. The van der Waals surface area contributed by atoms with E-state index in [1.54, 1.807) is 6.08 Å². The Balaban J connectivity index is 2.35. The van der Waals surface area contributed by atoms with Crippen LogP contribution in [0.3, 0.4) is 0 Å². The molecule has 0 aromatic carbocycles. The van der Waals surface area contributed by atoms with Crippen molar-refractivity contribution in [1.29, 1.82) is 0 Å². The number of hydrogen-bond donors (Lipinski definition) is 4. The first-order valence-corrected chi connectivity index (χ1v) is 7.45. The van der Waals surface area contributed by atoms with Crippen molar-refractivity contribution < 1.29 is 32.7 Å². The van der Waals surface area contributed by atoms with E-state index in [1.807, 2.05) is 0 Å². The first-order valence-electron chi connectivity index (χ1n) is 5.27. The molecule has 0 radical (unpaired) electrons. The maximum Gasteiger partial charge on any atom is 0.296 e. The lowest BCUT2D eigenvalue weighted by atomic mass is 9.83. The van der Waals surface area contributed by atoms with Gasteiger partial charge in [-0.1, -0.05) is 17.2 Å². The predicted molar refractivity (Wildman–Crippen MR) is 70.1 cm³/mol. The number of aliphatic hydroxyl groups is 1. The molecule has 2 atom stereocenters. The first kappa shape index (κ1) is 15.1. The molecule has 0 spiro atoms. The number of fused-ring (bicyclic) bond motifs is 1. The Morgan fingerprint density at radius 2 is 2.00 bits per heavy atom. The van der Waals surface area contributed by atoms with Gasteiger partial charge in [-0.05, 0) is 12.2 Å². The van der Waals surface area contributed by atoms with Gasteiger partial charge in [0.05, 0.1) is 12.0 Å². The molecule has 8 nitrogen and oxygen atoms in total. The van der Waals surface area contributed by atoms with E-state index in [0.717, 1.165) is 0 Å². The number of allylic oxidation sites excluding steroid dienone is 4. The second-order valence-corrected chi connectivity index (χ2v) is 6.26. The van der Waals surface area contributed by atoms with Crippen molar-refractivity contribution in [2.24, 2.45) is 17.6 Å². The van der Waals surface area contributed by atoms with Crippen molar-refractivity contribution in [3.63, 3.8) is 0 Å². The molecule has 5 N–H and O–H groups in total. The topological polar surface area (TPSA) is 139 Å². The maximum absolute atomic E-state index is 11.2. The third-order valence-corrected chi connectivity index (χ3v) is 4.33. The van der Waals surface area contributed by atoms with E-state index in [0.29, 0.717) is 16.9 Å². The summed E-state index contributed by atoms with van der Waals surface area (Å²) in [5.41, 5.74) is 5.43. The minimum atomic E-state index is -4.44. The Labute approximate surface area is 118 Å². The highest BCUT2D eigenvalue weighted by atomic mass is 32.2. The SMILES string of the molecule is NC1=CC2C(O)=CC(SOOO)=CC2C=C1S(=O)(=O)O. The molecule has 0 aliphatic heterocycles. The van der Waals surface area contributed by atoms with Crippen molar-refractivity contribution in [2.75, 3.05) is 0 Å². The van der Waals surface area contributed by atoms with Gasteiger partial charge in [0.1, 0.15) is 10.7 Å². The third kappa shape index (κ3) is 3.06. The maximum atomic E-state index is 11.2. The van der Waals surface area contributed by atoms with Crippen molar-refractivity contribution in [3.8, 4) is 0 Å². The fourth-order valence-corrected chi connectivity index (χ4v) is 3.20. The molecule has 0 aromatic rings. The van der Waals surface area contributed by atoms with E-state index in [4.69, 9.17) is 15.5 Å². The smallest absolute Gasteiger partial charge is 0.296 e. The molecule has 0 heterocycles. The van der Waals surface area contributed by atoms with Crippen LogP contribution >= 0.6 is 12.0 Å². The van der Waals surface area contributed by atoms with E-state index in [-0.39, 0.29) is 11.5 Å². The highest BCUT2D eigenvalue weighted by molar-refractivity contribution is 7.98. The Morgan fingerprint density at radius 1 is 1.30 bits per heavy atom. The van der Waals surface area contributed by atoms with E-state index in [1.165, 1.54) is 18.2 Å². The summed E-state index contributed by atoms with van der Waals surface area (Å²) in [4.78, 5) is -0.0222. The van der Waals surface area contributed by atoms with Crippen LogP contribution in [0.2, 0.25) is 0 Å². The zero-order valence-electron chi connectivity index (χ0n) is 9.83. The molecule has 110 valence electrons.